The van der Waals surface area contributed by atoms with Crippen molar-refractivity contribution in [3.05, 3.63) is 53.5 Å². The minimum Gasteiger partial charge on any atom is -0.497 e. The zero-order valence-electron chi connectivity index (χ0n) is 15.0. The number of H-pyrrole nitrogens is 1. The molecule has 27 heavy (non-hydrogen) atoms. The number of benzene rings is 1. The summed E-state index contributed by atoms with van der Waals surface area (Å²) in [6, 6.07) is 13.3. The molecule has 3 heterocycles. The van der Waals surface area contributed by atoms with E-state index in [9.17, 15) is 8.42 Å². The fraction of sp³-hybridized carbons (Fsp3) is 0.316. The van der Waals surface area contributed by atoms with Crippen molar-refractivity contribution in [2.24, 2.45) is 0 Å². The molecule has 1 saturated heterocycles. The molecular weight excluding hydrogens is 382 g/mol. The van der Waals surface area contributed by atoms with Crippen molar-refractivity contribution in [1.82, 2.24) is 14.5 Å². The molecule has 6 nitrogen and oxygen atoms in total. The number of aromatic amines is 1. The first-order valence-corrected chi connectivity index (χ1v) is 11.1. The smallest absolute Gasteiger partial charge is 0.252 e. The number of methoxy groups -OCH3 is 1. The van der Waals surface area contributed by atoms with E-state index < -0.39 is 10.0 Å². The Labute approximate surface area is 162 Å². The van der Waals surface area contributed by atoms with Gasteiger partial charge in [-0.15, -0.1) is 11.3 Å². The van der Waals surface area contributed by atoms with E-state index in [1.54, 1.807) is 28.9 Å². The van der Waals surface area contributed by atoms with Gasteiger partial charge in [0, 0.05) is 30.3 Å². The van der Waals surface area contributed by atoms with Crippen LogP contribution in [0.3, 0.4) is 0 Å². The molecule has 8 heteroatoms. The molecule has 0 spiro atoms. The summed E-state index contributed by atoms with van der Waals surface area (Å²) in [6.07, 6.45) is 1.57. The monoisotopic (exact) mass is 403 g/mol. The summed E-state index contributed by atoms with van der Waals surface area (Å²) >= 11 is 1.27. The normalized spacial score (nSPS) is 16.5. The molecule has 0 bridgehead atoms. The number of piperidine rings is 1. The van der Waals surface area contributed by atoms with Gasteiger partial charge in [-0.1, -0.05) is 6.07 Å². The van der Waals surface area contributed by atoms with Crippen LogP contribution in [-0.4, -0.2) is 43.1 Å². The molecule has 1 aromatic carbocycles. The lowest BCUT2D eigenvalue weighted by Gasteiger charge is -2.30. The second kappa shape index (κ2) is 7.46. The molecule has 1 aliphatic heterocycles. The minimum absolute atomic E-state index is 0.291. The van der Waals surface area contributed by atoms with Gasteiger partial charge in [0.05, 0.1) is 12.8 Å². The van der Waals surface area contributed by atoms with Crippen LogP contribution in [0.25, 0.3) is 11.3 Å². The van der Waals surface area contributed by atoms with Gasteiger partial charge in [-0.3, -0.25) is 5.10 Å². The molecule has 4 rings (SSSR count). The Kier molecular flexibility index (Phi) is 5.03. The third-order valence-electron chi connectivity index (χ3n) is 4.97. The van der Waals surface area contributed by atoms with E-state index >= 15 is 0 Å². The van der Waals surface area contributed by atoms with Gasteiger partial charge in [-0.05, 0) is 54.6 Å². The van der Waals surface area contributed by atoms with Crippen molar-refractivity contribution in [1.29, 1.82) is 0 Å². The highest BCUT2D eigenvalue weighted by Crippen LogP contribution is 2.32. The molecular formula is C19H21N3O3S2. The predicted molar refractivity (Wildman–Crippen MR) is 106 cm³/mol. The molecule has 0 unspecified atom stereocenters. The minimum atomic E-state index is -3.35. The molecule has 0 aliphatic carbocycles. The standard InChI is InChI=1S/C19H21N3O3S2/c1-25-16-6-4-14(5-7-16)17-13-18(21-20-17)15-8-10-22(11-9-15)27(23,24)19-3-2-12-26-19/h2-7,12-13,15H,8-11H2,1H3,(H,20,21). The SMILES string of the molecule is COc1ccc(-c2cc(C3CCN(S(=O)(=O)c4cccs4)CC3)[nH]n2)cc1. The fourth-order valence-corrected chi connectivity index (χ4v) is 6.01. The summed E-state index contributed by atoms with van der Waals surface area (Å²) in [5.41, 5.74) is 2.98. The average Bonchev–Trinajstić information content (AvgIpc) is 3.41. The highest BCUT2D eigenvalue weighted by atomic mass is 32.2. The molecule has 0 amide bonds. The van der Waals surface area contributed by atoms with Crippen molar-refractivity contribution < 1.29 is 13.2 Å². The van der Waals surface area contributed by atoms with E-state index in [-0.39, 0.29) is 0 Å². The topological polar surface area (TPSA) is 75.3 Å². The Morgan fingerprint density at radius 1 is 1.19 bits per heavy atom. The summed E-state index contributed by atoms with van der Waals surface area (Å²) in [6.45, 7) is 1.06. The van der Waals surface area contributed by atoms with Crippen molar-refractivity contribution in [3.8, 4) is 17.0 Å². The number of hydrogen-bond acceptors (Lipinski definition) is 5. The lowest BCUT2D eigenvalue weighted by Crippen LogP contribution is -2.37. The van der Waals surface area contributed by atoms with Crippen LogP contribution in [0.4, 0.5) is 0 Å². The second-order valence-corrected chi connectivity index (χ2v) is 9.66. The number of ether oxygens (including phenoxy) is 1. The van der Waals surface area contributed by atoms with E-state index in [1.807, 2.05) is 24.3 Å². The van der Waals surface area contributed by atoms with Gasteiger partial charge < -0.3 is 4.74 Å². The van der Waals surface area contributed by atoms with E-state index in [0.717, 1.165) is 35.5 Å². The Balaban J connectivity index is 1.44. The first-order chi connectivity index (χ1) is 13.1. The summed E-state index contributed by atoms with van der Waals surface area (Å²) in [5.74, 6) is 1.10. The molecule has 1 fully saturated rings. The first kappa shape index (κ1) is 18.2. The number of thiophene rings is 1. The molecule has 0 radical (unpaired) electrons. The van der Waals surface area contributed by atoms with Crippen LogP contribution in [0.15, 0.2) is 52.1 Å². The van der Waals surface area contributed by atoms with Crippen molar-refractivity contribution in [3.63, 3.8) is 0 Å². The van der Waals surface area contributed by atoms with E-state index in [2.05, 4.69) is 16.3 Å². The van der Waals surface area contributed by atoms with Gasteiger partial charge in [0.25, 0.3) is 10.0 Å². The first-order valence-electron chi connectivity index (χ1n) is 8.81. The van der Waals surface area contributed by atoms with Crippen LogP contribution in [0.2, 0.25) is 0 Å². The third-order valence-corrected chi connectivity index (χ3v) is 8.24. The van der Waals surface area contributed by atoms with Gasteiger partial charge in [0.1, 0.15) is 9.96 Å². The summed E-state index contributed by atoms with van der Waals surface area (Å²) < 4.78 is 32.5. The molecule has 1 aliphatic rings. The van der Waals surface area contributed by atoms with Crippen LogP contribution in [0.1, 0.15) is 24.5 Å². The number of rotatable bonds is 5. The third kappa shape index (κ3) is 3.65. The van der Waals surface area contributed by atoms with Gasteiger partial charge >= 0.3 is 0 Å². The van der Waals surface area contributed by atoms with Gasteiger partial charge in [0.2, 0.25) is 0 Å². The van der Waals surface area contributed by atoms with Crippen LogP contribution in [-0.2, 0) is 10.0 Å². The van der Waals surface area contributed by atoms with Crippen molar-refractivity contribution >= 4 is 21.4 Å². The maximum atomic E-state index is 12.6. The summed E-state index contributed by atoms with van der Waals surface area (Å²) in [7, 11) is -1.71. The van der Waals surface area contributed by atoms with Gasteiger partial charge in [-0.25, -0.2) is 8.42 Å². The van der Waals surface area contributed by atoms with E-state index in [4.69, 9.17) is 4.74 Å². The van der Waals surface area contributed by atoms with Gasteiger partial charge in [0.15, 0.2) is 0 Å². The van der Waals surface area contributed by atoms with Crippen molar-refractivity contribution in [2.75, 3.05) is 20.2 Å². The lowest BCUT2D eigenvalue weighted by molar-refractivity contribution is 0.317. The van der Waals surface area contributed by atoms with Gasteiger partial charge in [-0.2, -0.15) is 9.40 Å². The summed E-state index contributed by atoms with van der Waals surface area (Å²) in [4.78, 5) is 0. The second-order valence-electron chi connectivity index (χ2n) is 6.55. The molecule has 142 valence electrons. The number of hydrogen-bond donors (Lipinski definition) is 1. The van der Waals surface area contributed by atoms with Crippen LogP contribution >= 0.6 is 11.3 Å². The fourth-order valence-electron chi connectivity index (χ4n) is 3.40. The molecule has 1 N–H and O–H groups in total. The number of nitrogens with one attached hydrogen (secondary N) is 1. The number of aromatic nitrogens is 2. The Morgan fingerprint density at radius 2 is 1.93 bits per heavy atom. The van der Waals surface area contributed by atoms with Crippen LogP contribution in [0, 0.1) is 0 Å². The predicted octanol–water partition coefficient (Wildman–Crippen LogP) is 3.72. The maximum absolute atomic E-state index is 12.6. The Morgan fingerprint density at radius 3 is 2.56 bits per heavy atom. The molecule has 0 saturated carbocycles. The van der Waals surface area contributed by atoms with Crippen molar-refractivity contribution in [2.45, 2.75) is 23.0 Å². The van der Waals surface area contributed by atoms with Crippen LogP contribution < -0.4 is 4.74 Å². The van der Waals surface area contributed by atoms with E-state index in [1.165, 1.54) is 11.3 Å². The Hall–Kier alpha value is -2.16. The quantitative estimate of drug-likeness (QED) is 0.705. The maximum Gasteiger partial charge on any atom is 0.252 e. The lowest BCUT2D eigenvalue weighted by atomic mass is 9.94. The molecule has 0 atom stereocenters. The molecule has 2 aromatic heterocycles. The number of nitrogens with zero attached hydrogens (tertiary/aromatic N) is 2. The average molecular weight is 404 g/mol. The molecule has 3 aromatic rings. The van der Waals surface area contributed by atoms with Crippen LogP contribution in [0.5, 0.6) is 5.75 Å². The van der Waals surface area contributed by atoms with E-state index in [0.29, 0.717) is 23.2 Å². The Bertz CT molecular complexity index is 987. The number of sulfonamides is 1. The zero-order chi connectivity index (χ0) is 18.9. The largest absolute Gasteiger partial charge is 0.497 e. The highest BCUT2D eigenvalue weighted by Gasteiger charge is 2.31. The summed E-state index contributed by atoms with van der Waals surface area (Å²) in [5, 5.41) is 9.36. The highest BCUT2D eigenvalue weighted by molar-refractivity contribution is 7.91. The zero-order valence-corrected chi connectivity index (χ0v) is 16.6.